The molecule has 2 amide bonds. The lowest BCUT2D eigenvalue weighted by Gasteiger charge is -2.07. The van der Waals surface area contributed by atoms with Gasteiger partial charge in [0.15, 0.2) is 0 Å². The fraction of sp³-hybridized carbons (Fsp3) is 0.231. The van der Waals surface area contributed by atoms with Crippen LogP contribution in [0.25, 0.3) is 0 Å². The summed E-state index contributed by atoms with van der Waals surface area (Å²) in [6.45, 7) is 0.614. The molecule has 2 aromatic rings. The number of carbonyl (C=O) groups excluding carboxylic acids is 1. The standard InChI is InChI=1S/C13H15BrN4O/c14-10-3-5-11(6-4-10)18-13(19)17-7-1-2-12-15-8-9-16-12/h3-6,8-9H,1-2,7H2,(H,15,16)(H2,17,18,19). The Bertz CT molecular complexity index is 510. The minimum atomic E-state index is -0.193. The lowest BCUT2D eigenvalue weighted by Crippen LogP contribution is -2.29. The van der Waals surface area contributed by atoms with Gasteiger partial charge in [-0.1, -0.05) is 15.9 Å². The Hall–Kier alpha value is -1.82. The number of urea groups is 1. The van der Waals surface area contributed by atoms with Crippen molar-refractivity contribution in [2.45, 2.75) is 12.8 Å². The first kappa shape index (κ1) is 13.6. The SMILES string of the molecule is O=C(NCCCc1ncc[nH]1)Nc1ccc(Br)cc1. The molecule has 3 N–H and O–H groups in total. The molecule has 0 atom stereocenters. The molecule has 1 aromatic carbocycles. The van der Waals surface area contributed by atoms with Crippen LogP contribution in [0.15, 0.2) is 41.1 Å². The second-order valence-electron chi connectivity index (χ2n) is 4.03. The van der Waals surface area contributed by atoms with E-state index >= 15 is 0 Å². The van der Waals surface area contributed by atoms with Crippen LogP contribution in [0.2, 0.25) is 0 Å². The van der Waals surface area contributed by atoms with Gasteiger partial charge in [0.1, 0.15) is 5.82 Å². The molecule has 0 radical (unpaired) electrons. The average molecular weight is 323 g/mol. The predicted octanol–water partition coefficient (Wildman–Crippen LogP) is 2.93. The highest BCUT2D eigenvalue weighted by atomic mass is 79.9. The van der Waals surface area contributed by atoms with Crippen molar-refractivity contribution in [2.75, 3.05) is 11.9 Å². The molecule has 0 saturated heterocycles. The normalized spacial score (nSPS) is 10.2. The van der Waals surface area contributed by atoms with Gasteiger partial charge in [0.2, 0.25) is 0 Å². The van der Waals surface area contributed by atoms with E-state index in [2.05, 4.69) is 36.5 Å². The summed E-state index contributed by atoms with van der Waals surface area (Å²) in [5.41, 5.74) is 0.770. The van der Waals surface area contributed by atoms with E-state index in [9.17, 15) is 4.79 Å². The number of rotatable bonds is 5. The van der Waals surface area contributed by atoms with Crippen LogP contribution in [-0.4, -0.2) is 22.5 Å². The van der Waals surface area contributed by atoms with Gasteiger partial charge in [-0.05, 0) is 30.7 Å². The van der Waals surface area contributed by atoms with Crippen LogP contribution >= 0.6 is 15.9 Å². The van der Waals surface area contributed by atoms with Crippen LogP contribution in [0.1, 0.15) is 12.2 Å². The Morgan fingerprint density at radius 2 is 2.11 bits per heavy atom. The third-order valence-electron chi connectivity index (χ3n) is 2.53. The number of amides is 2. The monoisotopic (exact) mass is 322 g/mol. The van der Waals surface area contributed by atoms with Crippen LogP contribution < -0.4 is 10.6 Å². The van der Waals surface area contributed by atoms with E-state index in [-0.39, 0.29) is 6.03 Å². The summed E-state index contributed by atoms with van der Waals surface area (Å²) in [6, 6.07) is 7.25. The zero-order valence-electron chi connectivity index (χ0n) is 10.3. The number of carbonyl (C=O) groups is 1. The first-order valence-electron chi connectivity index (χ1n) is 6.03. The van der Waals surface area contributed by atoms with Crippen molar-refractivity contribution in [1.82, 2.24) is 15.3 Å². The van der Waals surface area contributed by atoms with Crippen molar-refractivity contribution in [3.05, 3.63) is 47.0 Å². The van der Waals surface area contributed by atoms with E-state index < -0.39 is 0 Å². The number of imidazole rings is 1. The number of benzene rings is 1. The Balaban J connectivity index is 1.65. The maximum absolute atomic E-state index is 11.6. The Morgan fingerprint density at radius 3 is 2.79 bits per heavy atom. The zero-order chi connectivity index (χ0) is 13.5. The summed E-state index contributed by atoms with van der Waals surface area (Å²) in [6.07, 6.45) is 5.19. The molecule has 19 heavy (non-hydrogen) atoms. The molecule has 0 bridgehead atoms. The van der Waals surface area contributed by atoms with E-state index in [1.807, 2.05) is 24.3 Å². The van der Waals surface area contributed by atoms with E-state index in [1.54, 1.807) is 12.4 Å². The van der Waals surface area contributed by atoms with Crippen molar-refractivity contribution in [2.24, 2.45) is 0 Å². The smallest absolute Gasteiger partial charge is 0.319 e. The second-order valence-corrected chi connectivity index (χ2v) is 4.94. The number of nitrogens with one attached hydrogen (secondary N) is 3. The summed E-state index contributed by atoms with van der Waals surface area (Å²) in [5.74, 6) is 0.940. The molecule has 6 heteroatoms. The summed E-state index contributed by atoms with van der Waals surface area (Å²) in [7, 11) is 0. The van der Waals surface area contributed by atoms with Crippen LogP contribution in [0.4, 0.5) is 10.5 Å². The van der Waals surface area contributed by atoms with Gasteiger partial charge in [0.25, 0.3) is 0 Å². The molecule has 2 rings (SSSR count). The van der Waals surface area contributed by atoms with E-state index in [0.29, 0.717) is 6.54 Å². The van der Waals surface area contributed by atoms with Gasteiger partial charge in [-0.3, -0.25) is 0 Å². The van der Waals surface area contributed by atoms with Crippen LogP contribution in [0.5, 0.6) is 0 Å². The van der Waals surface area contributed by atoms with E-state index in [4.69, 9.17) is 0 Å². The number of aromatic nitrogens is 2. The lowest BCUT2D eigenvalue weighted by molar-refractivity contribution is 0.252. The summed E-state index contributed by atoms with van der Waals surface area (Å²) >= 11 is 3.34. The largest absolute Gasteiger partial charge is 0.349 e. The highest BCUT2D eigenvalue weighted by Gasteiger charge is 2.01. The predicted molar refractivity (Wildman–Crippen MR) is 78.1 cm³/mol. The number of hydrogen-bond donors (Lipinski definition) is 3. The number of halogens is 1. The summed E-state index contributed by atoms with van der Waals surface area (Å²) < 4.78 is 0.983. The van der Waals surface area contributed by atoms with Crippen LogP contribution in [0.3, 0.4) is 0 Å². The fourth-order valence-electron chi connectivity index (χ4n) is 1.60. The Kier molecular flexibility index (Phi) is 4.97. The van der Waals surface area contributed by atoms with Crippen molar-refractivity contribution >= 4 is 27.6 Å². The minimum absolute atomic E-state index is 0.193. The summed E-state index contributed by atoms with van der Waals surface area (Å²) in [5, 5.41) is 5.57. The number of aryl methyl sites for hydroxylation is 1. The van der Waals surface area contributed by atoms with Crippen molar-refractivity contribution in [3.63, 3.8) is 0 Å². The van der Waals surface area contributed by atoms with Gasteiger partial charge in [-0.15, -0.1) is 0 Å². The molecule has 0 aliphatic rings. The molecule has 1 heterocycles. The molecular weight excluding hydrogens is 308 g/mol. The summed E-state index contributed by atoms with van der Waals surface area (Å²) in [4.78, 5) is 18.7. The number of aromatic amines is 1. The highest BCUT2D eigenvalue weighted by molar-refractivity contribution is 9.10. The first-order chi connectivity index (χ1) is 9.24. The molecule has 0 spiro atoms. The fourth-order valence-corrected chi connectivity index (χ4v) is 1.87. The van der Waals surface area contributed by atoms with E-state index in [1.165, 1.54) is 0 Å². The Morgan fingerprint density at radius 1 is 1.32 bits per heavy atom. The van der Waals surface area contributed by atoms with Crippen molar-refractivity contribution < 1.29 is 4.79 Å². The maximum atomic E-state index is 11.6. The van der Waals surface area contributed by atoms with Gasteiger partial charge >= 0.3 is 6.03 Å². The van der Waals surface area contributed by atoms with Gasteiger partial charge < -0.3 is 15.6 Å². The highest BCUT2D eigenvalue weighted by Crippen LogP contribution is 2.13. The molecular formula is C13H15BrN4O. The molecule has 0 fully saturated rings. The number of nitrogens with zero attached hydrogens (tertiary/aromatic N) is 1. The third kappa shape index (κ3) is 4.75. The van der Waals surface area contributed by atoms with Crippen molar-refractivity contribution in [3.8, 4) is 0 Å². The first-order valence-corrected chi connectivity index (χ1v) is 6.82. The van der Waals surface area contributed by atoms with Gasteiger partial charge in [-0.25, -0.2) is 9.78 Å². The zero-order valence-corrected chi connectivity index (χ0v) is 11.9. The quantitative estimate of drug-likeness (QED) is 0.741. The number of anilines is 1. The lowest BCUT2D eigenvalue weighted by atomic mass is 10.3. The number of H-pyrrole nitrogens is 1. The molecule has 0 unspecified atom stereocenters. The van der Waals surface area contributed by atoms with Crippen LogP contribution in [-0.2, 0) is 6.42 Å². The third-order valence-corrected chi connectivity index (χ3v) is 3.06. The maximum Gasteiger partial charge on any atom is 0.319 e. The minimum Gasteiger partial charge on any atom is -0.349 e. The topological polar surface area (TPSA) is 69.8 Å². The number of hydrogen-bond acceptors (Lipinski definition) is 2. The molecule has 0 saturated carbocycles. The molecule has 1 aromatic heterocycles. The average Bonchev–Trinajstić information content (AvgIpc) is 2.91. The van der Waals surface area contributed by atoms with E-state index in [0.717, 1.165) is 28.8 Å². The second kappa shape index (κ2) is 6.94. The van der Waals surface area contributed by atoms with Crippen LogP contribution in [0, 0.1) is 0 Å². The molecule has 0 aliphatic heterocycles. The molecule has 5 nitrogen and oxygen atoms in total. The molecule has 0 aliphatic carbocycles. The Labute approximate surface area is 120 Å². The molecule has 100 valence electrons. The van der Waals surface area contributed by atoms with Gasteiger partial charge in [-0.2, -0.15) is 0 Å². The van der Waals surface area contributed by atoms with Crippen molar-refractivity contribution in [1.29, 1.82) is 0 Å². The van der Waals surface area contributed by atoms with Gasteiger partial charge in [0.05, 0.1) is 0 Å². The van der Waals surface area contributed by atoms with Gasteiger partial charge in [0, 0.05) is 35.5 Å².